The van der Waals surface area contributed by atoms with Crippen molar-refractivity contribution in [2.24, 2.45) is 0 Å². The number of aldehydes is 1. The van der Waals surface area contributed by atoms with Crippen molar-refractivity contribution < 1.29 is 4.79 Å². The first kappa shape index (κ1) is 13.3. The van der Waals surface area contributed by atoms with E-state index in [2.05, 4.69) is 18.5 Å². The van der Waals surface area contributed by atoms with E-state index in [0.717, 1.165) is 36.1 Å². The number of rotatable bonds is 4. The van der Waals surface area contributed by atoms with Gasteiger partial charge in [-0.25, -0.2) is 0 Å². The molecule has 0 bridgehead atoms. The lowest BCUT2D eigenvalue weighted by atomic mass is 10.1. The zero-order valence-corrected chi connectivity index (χ0v) is 11.6. The third kappa shape index (κ3) is 2.50. The summed E-state index contributed by atoms with van der Waals surface area (Å²) in [6.07, 6.45) is 10.5. The van der Waals surface area contributed by atoms with Crippen LogP contribution in [0.5, 0.6) is 0 Å². The van der Waals surface area contributed by atoms with Crippen molar-refractivity contribution in [2.75, 3.05) is 0 Å². The van der Waals surface area contributed by atoms with Gasteiger partial charge in [0.05, 0.1) is 17.3 Å². The van der Waals surface area contributed by atoms with Gasteiger partial charge in [0.1, 0.15) is 0 Å². The van der Waals surface area contributed by atoms with Crippen LogP contribution in [0.3, 0.4) is 0 Å². The molecule has 0 atom stereocenters. The van der Waals surface area contributed by atoms with Gasteiger partial charge in [-0.1, -0.05) is 39.5 Å². The molecule has 0 aromatic carbocycles. The number of carbonyl (C=O) groups is 1. The Bertz CT molecular complexity index is 401. The Balaban J connectivity index is 2.35. The molecule has 0 unspecified atom stereocenters. The summed E-state index contributed by atoms with van der Waals surface area (Å²) in [5, 5.41) is 4.72. The molecule has 1 saturated carbocycles. The molecule has 0 aliphatic heterocycles. The van der Waals surface area contributed by atoms with Gasteiger partial charge in [-0.3, -0.25) is 9.48 Å². The summed E-state index contributed by atoms with van der Waals surface area (Å²) < 4.78 is 2.17. The van der Waals surface area contributed by atoms with Gasteiger partial charge in [0.15, 0.2) is 6.29 Å². The summed E-state index contributed by atoms with van der Waals surface area (Å²) in [5.41, 5.74) is 2.98. The summed E-state index contributed by atoms with van der Waals surface area (Å²) >= 11 is 0. The summed E-state index contributed by atoms with van der Waals surface area (Å²) in [6, 6.07) is 0.515. The van der Waals surface area contributed by atoms with Crippen molar-refractivity contribution in [3.8, 4) is 0 Å². The first-order chi connectivity index (χ1) is 8.81. The Kier molecular flexibility index (Phi) is 4.56. The van der Waals surface area contributed by atoms with Crippen LogP contribution in [0.1, 0.15) is 80.2 Å². The fourth-order valence-electron chi connectivity index (χ4n) is 3.09. The Morgan fingerprint density at radius 2 is 1.83 bits per heavy atom. The Hall–Kier alpha value is -1.12. The molecule has 0 amide bonds. The van der Waals surface area contributed by atoms with E-state index in [-0.39, 0.29) is 0 Å². The average molecular weight is 248 g/mol. The molecule has 0 saturated heterocycles. The lowest BCUT2D eigenvalue weighted by Crippen LogP contribution is -2.13. The Morgan fingerprint density at radius 3 is 2.33 bits per heavy atom. The SMILES string of the molecule is CCc1nn(C2CCCCCC2)c(CC)c1C=O. The number of hydrogen-bond donors (Lipinski definition) is 0. The predicted molar refractivity (Wildman–Crippen MR) is 73.1 cm³/mol. The summed E-state index contributed by atoms with van der Waals surface area (Å²) in [5.74, 6) is 0. The van der Waals surface area contributed by atoms with Gasteiger partial charge in [0.2, 0.25) is 0 Å². The highest BCUT2D eigenvalue weighted by atomic mass is 16.1. The van der Waals surface area contributed by atoms with E-state index < -0.39 is 0 Å². The van der Waals surface area contributed by atoms with E-state index in [4.69, 9.17) is 5.10 Å². The molecular formula is C15H24N2O. The molecule has 100 valence electrons. The van der Waals surface area contributed by atoms with Gasteiger partial charge in [0.25, 0.3) is 0 Å². The van der Waals surface area contributed by atoms with Crippen LogP contribution in [-0.4, -0.2) is 16.1 Å². The maximum Gasteiger partial charge on any atom is 0.153 e. The largest absolute Gasteiger partial charge is 0.298 e. The van der Waals surface area contributed by atoms with Crippen LogP contribution in [0, 0.1) is 0 Å². The van der Waals surface area contributed by atoms with Gasteiger partial charge < -0.3 is 0 Å². The molecule has 1 aromatic rings. The van der Waals surface area contributed by atoms with E-state index in [9.17, 15) is 4.79 Å². The van der Waals surface area contributed by atoms with Crippen LogP contribution in [0.25, 0.3) is 0 Å². The molecule has 1 heterocycles. The fraction of sp³-hybridized carbons (Fsp3) is 0.733. The Morgan fingerprint density at radius 1 is 1.17 bits per heavy atom. The molecule has 1 aliphatic rings. The minimum atomic E-state index is 0.515. The van der Waals surface area contributed by atoms with Gasteiger partial charge in [-0.05, 0) is 25.7 Å². The second-order valence-corrected chi connectivity index (χ2v) is 5.22. The zero-order valence-electron chi connectivity index (χ0n) is 11.6. The van der Waals surface area contributed by atoms with E-state index in [0.29, 0.717) is 6.04 Å². The number of aromatic nitrogens is 2. The minimum absolute atomic E-state index is 0.515. The first-order valence-electron chi connectivity index (χ1n) is 7.37. The van der Waals surface area contributed by atoms with Crippen molar-refractivity contribution in [1.29, 1.82) is 0 Å². The lowest BCUT2D eigenvalue weighted by molar-refractivity contribution is 0.112. The quantitative estimate of drug-likeness (QED) is 0.601. The number of carbonyl (C=O) groups excluding carboxylic acids is 1. The van der Waals surface area contributed by atoms with Gasteiger partial charge in [-0.2, -0.15) is 5.10 Å². The van der Waals surface area contributed by atoms with Crippen LogP contribution in [-0.2, 0) is 12.8 Å². The molecule has 1 aromatic heterocycles. The number of hydrogen-bond acceptors (Lipinski definition) is 2. The third-order valence-electron chi connectivity index (χ3n) is 4.08. The third-order valence-corrected chi connectivity index (χ3v) is 4.08. The van der Waals surface area contributed by atoms with Crippen molar-refractivity contribution >= 4 is 6.29 Å². The van der Waals surface area contributed by atoms with Gasteiger partial charge in [0, 0.05) is 5.69 Å². The molecule has 0 radical (unpaired) electrons. The highest BCUT2D eigenvalue weighted by Crippen LogP contribution is 2.29. The average Bonchev–Trinajstić information content (AvgIpc) is 2.57. The maximum absolute atomic E-state index is 11.3. The van der Waals surface area contributed by atoms with Crippen LogP contribution < -0.4 is 0 Å². The summed E-state index contributed by atoms with van der Waals surface area (Å²) in [7, 11) is 0. The first-order valence-corrected chi connectivity index (χ1v) is 7.37. The van der Waals surface area contributed by atoms with E-state index in [1.54, 1.807) is 0 Å². The predicted octanol–water partition coefficient (Wildman–Crippen LogP) is 3.72. The number of nitrogens with zero attached hydrogens (tertiary/aromatic N) is 2. The normalized spacial score (nSPS) is 17.7. The van der Waals surface area contributed by atoms with E-state index in [1.165, 1.54) is 38.5 Å². The topological polar surface area (TPSA) is 34.9 Å². The maximum atomic E-state index is 11.3. The molecule has 0 spiro atoms. The lowest BCUT2D eigenvalue weighted by Gasteiger charge is -2.17. The van der Waals surface area contributed by atoms with Crippen LogP contribution in [0.15, 0.2) is 0 Å². The van der Waals surface area contributed by atoms with Crippen molar-refractivity contribution in [1.82, 2.24) is 9.78 Å². The van der Waals surface area contributed by atoms with Crippen LogP contribution >= 0.6 is 0 Å². The molecule has 1 aliphatic carbocycles. The molecule has 0 N–H and O–H groups in total. The van der Waals surface area contributed by atoms with Gasteiger partial charge >= 0.3 is 0 Å². The molecule has 2 rings (SSSR count). The van der Waals surface area contributed by atoms with E-state index >= 15 is 0 Å². The molecule has 3 nitrogen and oxygen atoms in total. The zero-order chi connectivity index (χ0) is 13.0. The Labute approximate surface area is 110 Å². The highest BCUT2D eigenvalue weighted by Gasteiger charge is 2.21. The highest BCUT2D eigenvalue weighted by molar-refractivity contribution is 5.78. The second-order valence-electron chi connectivity index (χ2n) is 5.22. The monoisotopic (exact) mass is 248 g/mol. The fourth-order valence-corrected chi connectivity index (χ4v) is 3.09. The molecule has 1 fully saturated rings. The smallest absolute Gasteiger partial charge is 0.153 e. The molecule has 18 heavy (non-hydrogen) atoms. The summed E-state index contributed by atoms with van der Waals surface area (Å²) in [4.78, 5) is 11.3. The van der Waals surface area contributed by atoms with Crippen molar-refractivity contribution in [2.45, 2.75) is 71.3 Å². The van der Waals surface area contributed by atoms with Crippen LogP contribution in [0.4, 0.5) is 0 Å². The standard InChI is InChI=1S/C15H24N2O/c1-3-14-13(11-18)15(4-2)17(16-14)12-9-7-5-6-8-10-12/h11-12H,3-10H2,1-2H3. The van der Waals surface area contributed by atoms with Gasteiger partial charge in [-0.15, -0.1) is 0 Å². The van der Waals surface area contributed by atoms with Crippen molar-refractivity contribution in [3.63, 3.8) is 0 Å². The second kappa shape index (κ2) is 6.17. The summed E-state index contributed by atoms with van der Waals surface area (Å²) in [6.45, 7) is 4.20. The molecular weight excluding hydrogens is 224 g/mol. The van der Waals surface area contributed by atoms with E-state index in [1.807, 2.05) is 0 Å². The van der Waals surface area contributed by atoms with Crippen molar-refractivity contribution in [3.05, 3.63) is 17.0 Å². The number of aryl methyl sites for hydroxylation is 1. The molecule has 3 heteroatoms. The van der Waals surface area contributed by atoms with Crippen LogP contribution in [0.2, 0.25) is 0 Å². The minimum Gasteiger partial charge on any atom is -0.298 e.